The maximum absolute atomic E-state index is 12.3. The van der Waals surface area contributed by atoms with Gasteiger partial charge in [-0.3, -0.25) is 9.69 Å². The molecule has 1 fully saturated rings. The highest BCUT2D eigenvalue weighted by molar-refractivity contribution is 7.89. The van der Waals surface area contributed by atoms with Crippen molar-refractivity contribution >= 4 is 27.6 Å². The first kappa shape index (κ1) is 16.7. The number of imide groups is 1. The summed E-state index contributed by atoms with van der Waals surface area (Å²) in [4.78, 5) is 27.2. The van der Waals surface area contributed by atoms with Gasteiger partial charge in [-0.1, -0.05) is 0 Å². The van der Waals surface area contributed by atoms with Crippen molar-refractivity contribution in [3.05, 3.63) is 23.8 Å². The number of sulfonamides is 1. The summed E-state index contributed by atoms with van der Waals surface area (Å²) < 4.78 is 25.6. The number of hydrogen-bond donors (Lipinski definition) is 1. The molecule has 0 aromatic heterocycles. The summed E-state index contributed by atoms with van der Waals surface area (Å²) >= 11 is 0. The van der Waals surface area contributed by atoms with Crippen molar-refractivity contribution in [1.29, 1.82) is 0 Å². The van der Waals surface area contributed by atoms with Gasteiger partial charge in [0.05, 0.1) is 11.4 Å². The fraction of sp³-hybridized carbons (Fsp3) is 0.467. The van der Waals surface area contributed by atoms with Crippen LogP contribution in [0.2, 0.25) is 0 Å². The second-order valence-electron chi connectivity index (χ2n) is 6.03. The maximum Gasteiger partial charge on any atom is 0.324 e. The standard InChI is InChI=1S/C15H20N4O4S/c1-17(2)24(22,23)12-3-4-13-11(9-12)5-7-18(13)10-14(20)19-8-6-16-15(19)21/h3-4,9H,5-8,10H2,1-2H3,(H,16,21). The Labute approximate surface area is 141 Å². The summed E-state index contributed by atoms with van der Waals surface area (Å²) in [5.41, 5.74) is 1.75. The number of nitrogens with zero attached hydrogens (tertiary/aromatic N) is 3. The van der Waals surface area contributed by atoms with E-state index >= 15 is 0 Å². The molecular formula is C15H20N4O4S. The van der Waals surface area contributed by atoms with Crippen LogP contribution in [0.5, 0.6) is 0 Å². The molecule has 3 rings (SSSR count). The van der Waals surface area contributed by atoms with Gasteiger partial charge in [-0.2, -0.15) is 0 Å². The molecule has 24 heavy (non-hydrogen) atoms. The van der Waals surface area contributed by atoms with Gasteiger partial charge >= 0.3 is 6.03 Å². The van der Waals surface area contributed by atoms with E-state index in [9.17, 15) is 18.0 Å². The lowest BCUT2D eigenvalue weighted by molar-refractivity contribution is -0.126. The zero-order valence-electron chi connectivity index (χ0n) is 13.7. The second kappa shape index (κ2) is 6.06. The van der Waals surface area contributed by atoms with Gasteiger partial charge in [0, 0.05) is 39.4 Å². The molecule has 3 amide bonds. The molecule has 0 atom stereocenters. The number of nitrogens with one attached hydrogen (secondary N) is 1. The zero-order chi connectivity index (χ0) is 17.5. The van der Waals surface area contributed by atoms with E-state index in [1.165, 1.54) is 23.3 Å². The molecular weight excluding hydrogens is 332 g/mol. The van der Waals surface area contributed by atoms with Crippen LogP contribution < -0.4 is 10.2 Å². The molecule has 0 spiro atoms. The average molecular weight is 352 g/mol. The Morgan fingerprint density at radius 2 is 2.04 bits per heavy atom. The number of anilines is 1. The zero-order valence-corrected chi connectivity index (χ0v) is 14.5. The highest BCUT2D eigenvalue weighted by atomic mass is 32.2. The summed E-state index contributed by atoms with van der Waals surface area (Å²) in [7, 11) is -0.483. The summed E-state index contributed by atoms with van der Waals surface area (Å²) in [5.74, 6) is -0.247. The topological polar surface area (TPSA) is 90.0 Å². The third-order valence-corrected chi connectivity index (χ3v) is 6.12. The van der Waals surface area contributed by atoms with Crippen molar-refractivity contribution < 1.29 is 18.0 Å². The van der Waals surface area contributed by atoms with Gasteiger partial charge in [-0.15, -0.1) is 0 Å². The van der Waals surface area contributed by atoms with Crippen LogP contribution >= 0.6 is 0 Å². The van der Waals surface area contributed by atoms with E-state index in [-0.39, 0.29) is 23.4 Å². The van der Waals surface area contributed by atoms with E-state index in [0.717, 1.165) is 11.3 Å². The van der Waals surface area contributed by atoms with Gasteiger partial charge in [-0.25, -0.2) is 17.5 Å². The molecule has 1 aromatic rings. The monoisotopic (exact) mass is 352 g/mol. The Morgan fingerprint density at radius 3 is 2.67 bits per heavy atom. The molecule has 130 valence electrons. The molecule has 9 heteroatoms. The number of carbonyl (C=O) groups excluding carboxylic acids is 2. The summed E-state index contributed by atoms with van der Waals surface area (Å²) in [6.45, 7) is 1.60. The van der Waals surface area contributed by atoms with E-state index in [0.29, 0.717) is 26.1 Å². The number of fused-ring (bicyclic) bond motifs is 1. The van der Waals surface area contributed by atoms with Crippen molar-refractivity contribution in [1.82, 2.24) is 14.5 Å². The van der Waals surface area contributed by atoms with Crippen molar-refractivity contribution in [2.75, 3.05) is 45.2 Å². The molecule has 0 radical (unpaired) electrons. The lowest BCUT2D eigenvalue weighted by Gasteiger charge is -2.21. The Morgan fingerprint density at radius 1 is 1.29 bits per heavy atom. The van der Waals surface area contributed by atoms with E-state index in [1.54, 1.807) is 18.2 Å². The van der Waals surface area contributed by atoms with Crippen LogP contribution in [0.25, 0.3) is 0 Å². The lowest BCUT2D eigenvalue weighted by atomic mass is 10.2. The molecule has 2 aliphatic rings. The predicted molar refractivity (Wildman–Crippen MR) is 88.3 cm³/mol. The minimum atomic E-state index is -3.47. The molecule has 0 aliphatic carbocycles. The number of urea groups is 1. The van der Waals surface area contributed by atoms with Gasteiger partial charge < -0.3 is 10.2 Å². The first-order valence-electron chi connectivity index (χ1n) is 7.69. The fourth-order valence-corrected chi connectivity index (χ4v) is 3.89. The van der Waals surface area contributed by atoms with Gasteiger partial charge in [0.15, 0.2) is 0 Å². The van der Waals surface area contributed by atoms with Gasteiger partial charge in [0.2, 0.25) is 15.9 Å². The van der Waals surface area contributed by atoms with Crippen molar-refractivity contribution in [3.63, 3.8) is 0 Å². The van der Waals surface area contributed by atoms with Crippen LogP contribution in [0, 0.1) is 0 Å². The third kappa shape index (κ3) is 2.84. The van der Waals surface area contributed by atoms with E-state index in [2.05, 4.69) is 5.32 Å². The van der Waals surface area contributed by atoms with Crippen LogP contribution in [-0.4, -0.2) is 69.8 Å². The fourth-order valence-electron chi connectivity index (χ4n) is 2.94. The molecule has 0 unspecified atom stereocenters. The Kier molecular flexibility index (Phi) is 4.22. The van der Waals surface area contributed by atoms with Crippen LogP contribution in [0.15, 0.2) is 23.1 Å². The Hall–Kier alpha value is -2.13. The number of benzene rings is 1. The minimum absolute atomic E-state index is 0.111. The van der Waals surface area contributed by atoms with Crippen LogP contribution in [0.4, 0.5) is 10.5 Å². The molecule has 1 saturated heterocycles. The van der Waals surface area contributed by atoms with Crippen LogP contribution in [0.1, 0.15) is 5.56 Å². The number of hydrogen-bond acceptors (Lipinski definition) is 5. The molecule has 8 nitrogen and oxygen atoms in total. The molecule has 0 saturated carbocycles. The van der Waals surface area contributed by atoms with Crippen LogP contribution in [0.3, 0.4) is 0 Å². The van der Waals surface area contributed by atoms with E-state index < -0.39 is 10.0 Å². The van der Waals surface area contributed by atoms with Gasteiger partial charge in [0.1, 0.15) is 0 Å². The van der Waals surface area contributed by atoms with E-state index in [4.69, 9.17) is 0 Å². The predicted octanol–water partition coefficient (Wildman–Crippen LogP) is -0.149. The van der Waals surface area contributed by atoms with Gasteiger partial charge in [0.25, 0.3) is 0 Å². The quantitative estimate of drug-likeness (QED) is 0.814. The van der Waals surface area contributed by atoms with Crippen LogP contribution in [-0.2, 0) is 21.2 Å². The van der Waals surface area contributed by atoms with Crippen molar-refractivity contribution in [3.8, 4) is 0 Å². The third-order valence-electron chi connectivity index (χ3n) is 4.31. The normalized spacial score (nSPS) is 17.4. The lowest BCUT2D eigenvalue weighted by Crippen LogP contribution is -2.41. The number of rotatable bonds is 4. The Bertz CT molecular complexity index is 791. The number of carbonyl (C=O) groups is 2. The molecule has 0 bridgehead atoms. The van der Waals surface area contributed by atoms with Gasteiger partial charge in [-0.05, 0) is 30.2 Å². The minimum Gasteiger partial charge on any atom is -0.362 e. The first-order chi connectivity index (χ1) is 11.3. The maximum atomic E-state index is 12.3. The van der Waals surface area contributed by atoms with Crippen molar-refractivity contribution in [2.24, 2.45) is 0 Å². The van der Waals surface area contributed by atoms with E-state index in [1.807, 2.05) is 4.90 Å². The molecule has 2 heterocycles. The Balaban J connectivity index is 1.78. The van der Waals surface area contributed by atoms with Crippen molar-refractivity contribution in [2.45, 2.75) is 11.3 Å². The number of amides is 3. The largest absolute Gasteiger partial charge is 0.362 e. The molecule has 1 N–H and O–H groups in total. The summed E-state index contributed by atoms with van der Waals surface area (Å²) in [5, 5.41) is 2.61. The summed E-state index contributed by atoms with van der Waals surface area (Å²) in [6, 6.07) is 4.60. The average Bonchev–Trinajstić information content (AvgIpc) is 3.13. The highest BCUT2D eigenvalue weighted by Crippen LogP contribution is 2.30. The second-order valence-corrected chi connectivity index (χ2v) is 8.18. The SMILES string of the molecule is CN(C)S(=O)(=O)c1ccc2c(c1)CCN2CC(=O)N1CCNC1=O. The molecule has 1 aromatic carbocycles. The highest BCUT2D eigenvalue weighted by Gasteiger charge is 2.30. The first-order valence-corrected chi connectivity index (χ1v) is 9.13. The summed E-state index contributed by atoms with van der Waals surface area (Å²) in [6.07, 6.45) is 0.672. The molecule has 2 aliphatic heterocycles. The smallest absolute Gasteiger partial charge is 0.324 e.